The summed E-state index contributed by atoms with van der Waals surface area (Å²) in [5, 5.41) is 2.57. The van der Waals surface area contributed by atoms with Crippen LogP contribution in [0.2, 0.25) is 0 Å². The first kappa shape index (κ1) is 19.3. The lowest BCUT2D eigenvalue weighted by molar-refractivity contribution is -0.138. The minimum Gasteiger partial charge on any atom is -0.330 e. The second kappa shape index (κ2) is 6.58. The predicted molar refractivity (Wildman–Crippen MR) is 93.5 cm³/mol. The fraction of sp³-hybridized carbons (Fsp3) is 0.474. The molecule has 3 amide bonds. The summed E-state index contributed by atoms with van der Waals surface area (Å²) < 4.78 is 40.5. The minimum absolute atomic E-state index is 0.106. The van der Waals surface area contributed by atoms with E-state index in [4.69, 9.17) is 0 Å². The van der Waals surface area contributed by atoms with Gasteiger partial charge in [0.05, 0.1) is 29.4 Å². The second-order valence-electron chi connectivity index (χ2n) is 7.30. The summed E-state index contributed by atoms with van der Waals surface area (Å²) in [4.78, 5) is 28.4. The topological polar surface area (TPSA) is 52.7 Å². The molecule has 0 spiro atoms. The van der Waals surface area contributed by atoms with E-state index in [1.165, 1.54) is 30.1 Å². The van der Waals surface area contributed by atoms with Gasteiger partial charge in [0.15, 0.2) is 0 Å². The van der Waals surface area contributed by atoms with Crippen LogP contribution in [-0.4, -0.2) is 41.4 Å². The first-order valence-corrected chi connectivity index (χ1v) is 8.78. The van der Waals surface area contributed by atoms with Crippen LogP contribution in [0.1, 0.15) is 37.9 Å². The number of hydrogen-bond donors (Lipinski definition) is 1. The number of alkyl halides is 3. The molecule has 0 saturated carbocycles. The Labute approximate surface area is 155 Å². The van der Waals surface area contributed by atoms with Gasteiger partial charge in [-0.3, -0.25) is 9.69 Å². The molecule has 2 heterocycles. The number of benzene rings is 1. The van der Waals surface area contributed by atoms with Crippen molar-refractivity contribution in [2.24, 2.45) is 5.92 Å². The number of nitrogens with one attached hydrogen (secondary N) is 1. The van der Waals surface area contributed by atoms with Gasteiger partial charge >= 0.3 is 12.2 Å². The number of amides is 3. The number of halogens is 3. The Balaban J connectivity index is 2.11. The monoisotopic (exact) mass is 381 g/mol. The third-order valence-electron chi connectivity index (χ3n) is 5.42. The van der Waals surface area contributed by atoms with Gasteiger partial charge in [-0.2, -0.15) is 13.2 Å². The minimum atomic E-state index is -4.59. The van der Waals surface area contributed by atoms with Gasteiger partial charge in [-0.15, -0.1) is 0 Å². The Morgan fingerprint density at radius 2 is 1.78 bits per heavy atom. The summed E-state index contributed by atoms with van der Waals surface area (Å²) >= 11 is 0. The average molecular weight is 381 g/mol. The summed E-state index contributed by atoms with van der Waals surface area (Å²) in [6.07, 6.45) is -4.59. The maximum atomic E-state index is 13.5. The molecule has 2 aliphatic heterocycles. The Hall–Kier alpha value is -2.51. The molecule has 1 aromatic carbocycles. The summed E-state index contributed by atoms with van der Waals surface area (Å²) in [7, 11) is 1.52. The molecule has 0 aliphatic carbocycles. The third kappa shape index (κ3) is 3.17. The van der Waals surface area contributed by atoms with Crippen LogP contribution in [0.4, 0.5) is 18.0 Å². The molecule has 0 fully saturated rings. The van der Waals surface area contributed by atoms with Crippen LogP contribution in [0.15, 0.2) is 35.5 Å². The average Bonchev–Trinajstić information content (AvgIpc) is 2.94. The maximum absolute atomic E-state index is 13.5. The highest BCUT2D eigenvalue weighted by molar-refractivity contribution is 6.01. The normalized spacial score (nSPS) is 21.7. The molecule has 2 aliphatic rings. The van der Waals surface area contributed by atoms with E-state index < -0.39 is 23.8 Å². The number of hydrogen-bond acceptors (Lipinski definition) is 2. The van der Waals surface area contributed by atoms with Crippen molar-refractivity contribution >= 4 is 11.9 Å². The van der Waals surface area contributed by atoms with Gasteiger partial charge in [-0.25, -0.2) is 4.79 Å². The van der Waals surface area contributed by atoms with E-state index >= 15 is 0 Å². The van der Waals surface area contributed by atoms with E-state index in [1.807, 2.05) is 20.8 Å². The first-order valence-electron chi connectivity index (χ1n) is 8.78. The SMILES string of the molecule is CC(C)[C@@H](C)N1CC2=C(C1=O)[C@H](c1ccccc1C(F)(F)F)NC(=O)N2C. The molecule has 8 heteroatoms. The van der Waals surface area contributed by atoms with E-state index in [9.17, 15) is 22.8 Å². The quantitative estimate of drug-likeness (QED) is 0.871. The molecular weight excluding hydrogens is 359 g/mol. The molecule has 3 rings (SSSR count). The van der Waals surface area contributed by atoms with Crippen molar-refractivity contribution in [3.05, 3.63) is 46.7 Å². The van der Waals surface area contributed by atoms with Crippen molar-refractivity contribution in [1.29, 1.82) is 0 Å². The van der Waals surface area contributed by atoms with Crippen molar-refractivity contribution in [3.63, 3.8) is 0 Å². The summed E-state index contributed by atoms with van der Waals surface area (Å²) in [5.41, 5.74) is -0.305. The van der Waals surface area contributed by atoms with E-state index in [0.29, 0.717) is 5.70 Å². The lowest BCUT2D eigenvalue weighted by Gasteiger charge is -2.32. The van der Waals surface area contributed by atoms with E-state index in [-0.39, 0.29) is 35.5 Å². The van der Waals surface area contributed by atoms with Gasteiger partial charge < -0.3 is 10.2 Å². The highest BCUT2D eigenvalue weighted by Crippen LogP contribution is 2.41. The van der Waals surface area contributed by atoms with E-state index in [1.54, 1.807) is 4.90 Å². The number of nitrogens with zero attached hydrogens (tertiary/aromatic N) is 2. The van der Waals surface area contributed by atoms with Gasteiger partial charge in [0, 0.05) is 13.1 Å². The predicted octanol–water partition coefficient (Wildman–Crippen LogP) is 3.54. The van der Waals surface area contributed by atoms with E-state index in [2.05, 4.69) is 5.32 Å². The van der Waals surface area contributed by atoms with Crippen LogP contribution in [0, 0.1) is 5.92 Å². The second-order valence-corrected chi connectivity index (χ2v) is 7.30. The Kier molecular flexibility index (Phi) is 4.69. The number of carbonyl (C=O) groups is 2. The number of carbonyl (C=O) groups excluding carboxylic acids is 2. The largest absolute Gasteiger partial charge is 0.416 e. The summed E-state index contributed by atoms with van der Waals surface area (Å²) in [5.74, 6) is -0.162. The fourth-order valence-electron chi connectivity index (χ4n) is 3.52. The van der Waals surface area contributed by atoms with Crippen molar-refractivity contribution in [2.75, 3.05) is 13.6 Å². The number of rotatable bonds is 3. The maximum Gasteiger partial charge on any atom is 0.416 e. The highest BCUT2D eigenvalue weighted by Gasteiger charge is 2.46. The van der Waals surface area contributed by atoms with Crippen LogP contribution in [-0.2, 0) is 11.0 Å². The zero-order valence-corrected chi connectivity index (χ0v) is 15.6. The van der Waals surface area contributed by atoms with Crippen molar-refractivity contribution in [2.45, 2.75) is 39.0 Å². The molecule has 0 bridgehead atoms. The number of urea groups is 1. The smallest absolute Gasteiger partial charge is 0.330 e. The van der Waals surface area contributed by atoms with Crippen molar-refractivity contribution in [3.8, 4) is 0 Å². The molecular formula is C19H22F3N3O2. The Morgan fingerprint density at radius 3 is 2.37 bits per heavy atom. The van der Waals surface area contributed by atoms with Crippen molar-refractivity contribution < 1.29 is 22.8 Å². The molecule has 27 heavy (non-hydrogen) atoms. The Bertz CT molecular complexity index is 817. The van der Waals surface area contributed by atoms with Crippen LogP contribution >= 0.6 is 0 Å². The highest BCUT2D eigenvalue weighted by atomic mass is 19.4. The molecule has 1 N–H and O–H groups in total. The number of likely N-dealkylation sites (N-methyl/N-ethyl adjacent to an activating group) is 1. The van der Waals surface area contributed by atoms with Crippen molar-refractivity contribution in [1.82, 2.24) is 15.1 Å². The van der Waals surface area contributed by atoms with Gasteiger partial charge in [-0.1, -0.05) is 32.0 Å². The lowest BCUT2D eigenvalue weighted by atomic mass is 9.91. The first-order chi connectivity index (χ1) is 12.5. The molecule has 0 saturated heterocycles. The van der Waals surface area contributed by atoms with Gasteiger partial charge in [0.25, 0.3) is 5.91 Å². The fourth-order valence-corrected chi connectivity index (χ4v) is 3.52. The van der Waals surface area contributed by atoms with Gasteiger partial charge in [-0.05, 0) is 24.5 Å². The van der Waals surface area contributed by atoms with Crippen LogP contribution in [0.25, 0.3) is 0 Å². The molecule has 1 aromatic rings. The van der Waals surface area contributed by atoms with Crippen LogP contribution in [0.5, 0.6) is 0 Å². The molecule has 0 unspecified atom stereocenters. The molecule has 5 nitrogen and oxygen atoms in total. The van der Waals surface area contributed by atoms with Gasteiger partial charge in [0.1, 0.15) is 0 Å². The third-order valence-corrected chi connectivity index (χ3v) is 5.42. The standard InChI is InChI=1S/C19H22F3N3O2/c1-10(2)11(3)25-9-14-15(17(25)26)16(23-18(27)24(14)4)12-7-5-6-8-13(12)19(20,21)22/h5-8,10-11,16H,9H2,1-4H3,(H,23,27)/t11-,16+/m1/s1. The lowest BCUT2D eigenvalue weighted by Crippen LogP contribution is -2.45. The summed E-state index contributed by atoms with van der Waals surface area (Å²) in [6, 6.07) is 3.29. The molecule has 2 atom stereocenters. The Morgan fingerprint density at radius 1 is 1.15 bits per heavy atom. The van der Waals surface area contributed by atoms with Crippen LogP contribution in [0.3, 0.4) is 0 Å². The molecule has 146 valence electrons. The summed E-state index contributed by atoms with van der Waals surface area (Å²) in [6.45, 7) is 6.05. The van der Waals surface area contributed by atoms with Gasteiger partial charge in [0.2, 0.25) is 0 Å². The van der Waals surface area contributed by atoms with E-state index in [0.717, 1.165) is 6.07 Å². The molecule has 0 aromatic heterocycles. The molecule has 0 radical (unpaired) electrons. The zero-order chi connectivity index (χ0) is 20.1. The zero-order valence-electron chi connectivity index (χ0n) is 15.6. The van der Waals surface area contributed by atoms with Crippen LogP contribution < -0.4 is 5.32 Å².